The first-order chi connectivity index (χ1) is 7.66. The third kappa shape index (κ3) is 2.49. The fourth-order valence-electron chi connectivity index (χ4n) is 1.74. The molecule has 0 saturated carbocycles. The first-order valence-corrected chi connectivity index (χ1v) is 6.01. The predicted octanol–water partition coefficient (Wildman–Crippen LogP) is 3.47. The molecule has 3 heteroatoms. The molecule has 1 aromatic carbocycles. The van der Waals surface area contributed by atoms with Crippen molar-refractivity contribution in [3.63, 3.8) is 0 Å². The van der Waals surface area contributed by atoms with Crippen molar-refractivity contribution in [2.24, 2.45) is 0 Å². The first kappa shape index (κ1) is 11.3. The van der Waals surface area contributed by atoms with Crippen molar-refractivity contribution in [3.05, 3.63) is 57.5 Å². The third-order valence-electron chi connectivity index (χ3n) is 2.58. The first-order valence-electron chi connectivity index (χ1n) is 5.13. The molecule has 2 aromatic rings. The van der Waals surface area contributed by atoms with E-state index in [0.29, 0.717) is 6.42 Å². The lowest BCUT2D eigenvalue weighted by Gasteiger charge is -2.10. The van der Waals surface area contributed by atoms with Gasteiger partial charge in [0.05, 0.1) is 6.10 Å². The van der Waals surface area contributed by atoms with E-state index in [9.17, 15) is 9.50 Å². The highest BCUT2D eigenvalue weighted by molar-refractivity contribution is 7.10. The van der Waals surface area contributed by atoms with E-state index in [1.54, 1.807) is 17.4 Å². The molecule has 1 aromatic heterocycles. The molecule has 0 radical (unpaired) electrons. The lowest BCUT2D eigenvalue weighted by atomic mass is 10.0. The van der Waals surface area contributed by atoms with E-state index in [2.05, 4.69) is 0 Å². The van der Waals surface area contributed by atoms with E-state index in [-0.39, 0.29) is 5.82 Å². The van der Waals surface area contributed by atoms with Crippen molar-refractivity contribution in [2.45, 2.75) is 19.4 Å². The Morgan fingerprint density at radius 2 is 2.19 bits per heavy atom. The van der Waals surface area contributed by atoms with Crippen LogP contribution in [0.4, 0.5) is 4.39 Å². The van der Waals surface area contributed by atoms with Crippen molar-refractivity contribution in [1.29, 1.82) is 0 Å². The van der Waals surface area contributed by atoms with E-state index in [1.165, 1.54) is 12.1 Å². The summed E-state index contributed by atoms with van der Waals surface area (Å²) in [7, 11) is 0. The van der Waals surface area contributed by atoms with Crippen LogP contribution in [-0.4, -0.2) is 5.11 Å². The second-order valence-corrected chi connectivity index (χ2v) is 4.90. The van der Waals surface area contributed by atoms with Gasteiger partial charge in [0.2, 0.25) is 0 Å². The second kappa shape index (κ2) is 4.76. The number of hydrogen-bond acceptors (Lipinski definition) is 2. The van der Waals surface area contributed by atoms with Crippen LogP contribution in [0, 0.1) is 12.7 Å². The number of hydrogen-bond donors (Lipinski definition) is 1. The standard InChI is InChI=1S/C13H13FOS/c1-9-12(5-6-16-9)13(15)8-10-3-2-4-11(14)7-10/h2-7,13,15H,8H2,1H3. The van der Waals surface area contributed by atoms with Gasteiger partial charge >= 0.3 is 0 Å². The number of aliphatic hydroxyl groups is 1. The number of halogens is 1. The molecule has 0 saturated heterocycles. The van der Waals surface area contributed by atoms with Gasteiger partial charge in [-0.25, -0.2) is 4.39 Å². The van der Waals surface area contributed by atoms with E-state index in [0.717, 1.165) is 16.0 Å². The Morgan fingerprint density at radius 3 is 2.81 bits per heavy atom. The van der Waals surface area contributed by atoms with E-state index >= 15 is 0 Å². The molecule has 1 atom stereocenters. The summed E-state index contributed by atoms with van der Waals surface area (Å²) in [5, 5.41) is 12.0. The summed E-state index contributed by atoms with van der Waals surface area (Å²) in [4.78, 5) is 1.11. The number of aryl methyl sites for hydroxylation is 1. The molecule has 0 spiro atoms. The predicted molar refractivity (Wildman–Crippen MR) is 64.1 cm³/mol. The van der Waals surface area contributed by atoms with Crippen LogP contribution in [0.15, 0.2) is 35.7 Å². The number of rotatable bonds is 3. The normalized spacial score (nSPS) is 12.7. The number of benzene rings is 1. The van der Waals surface area contributed by atoms with Crippen LogP contribution in [0.5, 0.6) is 0 Å². The molecule has 0 fully saturated rings. The molecule has 1 heterocycles. The van der Waals surface area contributed by atoms with Crippen molar-refractivity contribution >= 4 is 11.3 Å². The monoisotopic (exact) mass is 236 g/mol. The highest BCUT2D eigenvalue weighted by atomic mass is 32.1. The van der Waals surface area contributed by atoms with Crippen LogP contribution >= 0.6 is 11.3 Å². The SMILES string of the molecule is Cc1sccc1C(O)Cc1cccc(F)c1. The molecular weight excluding hydrogens is 223 g/mol. The molecule has 1 unspecified atom stereocenters. The van der Waals surface area contributed by atoms with Gasteiger partial charge in [0.1, 0.15) is 5.82 Å². The van der Waals surface area contributed by atoms with Gasteiger partial charge in [-0.3, -0.25) is 0 Å². The summed E-state index contributed by atoms with van der Waals surface area (Å²) in [5.41, 5.74) is 1.76. The van der Waals surface area contributed by atoms with Gasteiger partial charge in [0.25, 0.3) is 0 Å². The van der Waals surface area contributed by atoms with Crippen LogP contribution in [0.2, 0.25) is 0 Å². The maximum absolute atomic E-state index is 13.0. The Balaban J connectivity index is 2.14. The number of aliphatic hydroxyl groups excluding tert-OH is 1. The molecule has 84 valence electrons. The largest absolute Gasteiger partial charge is 0.388 e. The smallest absolute Gasteiger partial charge is 0.123 e. The van der Waals surface area contributed by atoms with Crippen LogP contribution in [0.3, 0.4) is 0 Å². The van der Waals surface area contributed by atoms with Gasteiger partial charge in [0, 0.05) is 11.3 Å². The summed E-state index contributed by atoms with van der Waals surface area (Å²) in [5.74, 6) is -0.258. The summed E-state index contributed by atoms with van der Waals surface area (Å²) in [6, 6.07) is 8.28. The van der Waals surface area contributed by atoms with Crippen LogP contribution in [0.1, 0.15) is 22.1 Å². The molecule has 1 N–H and O–H groups in total. The third-order valence-corrected chi connectivity index (χ3v) is 3.44. The van der Waals surface area contributed by atoms with Crippen molar-refractivity contribution in [2.75, 3.05) is 0 Å². The van der Waals surface area contributed by atoms with Crippen LogP contribution in [0.25, 0.3) is 0 Å². The molecule has 1 nitrogen and oxygen atoms in total. The Labute approximate surface area is 98.2 Å². The minimum atomic E-state index is -0.548. The fourth-order valence-corrected chi connectivity index (χ4v) is 2.50. The molecule has 0 bridgehead atoms. The maximum Gasteiger partial charge on any atom is 0.123 e. The highest BCUT2D eigenvalue weighted by Gasteiger charge is 2.12. The van der Waals surface area contributed by atoms with Crippen LogP contribution in [-0.2, 0) is 6.42 Å². The van der Waals surface area contributed by atoms with Gasteiger partial charge in [-0.05, 0) is 41.6 Å². The summed E-state index contributed by atoms with van der Waals surface area (Å²) < 4.78 is 13.0. The second-order valence-electron chi connectivity index (χ2n) is 3.78. The Morgan fingerprint density at radius 1 is 1.38 bits per heavy atom. The zero-order chi connectivity index (χ0) is 11.5. The average molecular weight is 236 g/mol. The lowest BCUT2D eigenvalue weighted by molar-refractivity contribution is 0.178. The van der Waals surface area contributed by atoms with Gasteiger partial charge in [-0.2, -0.15) is 0 Å². The lowest BCUT2D eigenvalue weighted by Crippen LogP contribution is -2.02. The van der Waals surface area contributed by atoms with Crippen molar-refractivity contribution < 1.29 is 9.50 Å². The minimum Gasteiger partial charge on any atom is -0.388 e. The molecule has 16 heavy (non-hydrogen) atoms. The zero-order valence-corrected chi connectivity index (χ0v) is 9.80. The van der Waals surface area contributed by atoms with Gasteiger partial charge in [-0.15, -0.1) is 11.3 Å². The Bertz CT molecular complexity index is 478. The minimum absolute atomic E-state index is 0.258. The van der Waals surface area contributed by atoms with E-state index in [1.807, 2.05) is 24.4 Å². The van der Waals surface area contributed by atoms with Gasteiger partial charge < -0.3 is 5.11 Å². The Hall–Kier alpha value is -1.19. The summed E-state index contributed by atoms with van der Waals surface area (Å²) >= 11 is 1.61. The molecule has 0 aliphatic carbocycles. The quantitative estimate of drug-likeness (QED) is 0.865. The molecule has 0 aliphatic rings. The topological polar surface area (TPSA) is 20.2 Å². The molecule has 2 rings (SSSR count). The molecular formula is C13H13FOS. The number of thiophene rings is 1. The van der Waals surface area contributed by atoms with Crippen molar-refractivity contribution in [3.8, 4) is 0 Å². The van der Waals surface area contributed by atoms with Crippen molar-refractivity contribution in [1.82, 2.24) is 0 Å². The van der Waals surface area contributed by atoms with E-state index in [4.69, 9.17) is 0 Å². The van der Waals surface area contributed by atoms with Gasteiger partial charge in [0.15, 0.2) is 0 Å². The maximum atomic E-state index is 13.0. The fraction of sp³-hybridized carbons (Fsp3) is 0.231. The average Bonchev–Trinajstić information content (AvgIpc) is 2.64. The van der Waals surface area contributed by atoms with E-state index < -0.39 is 6.10 Å². The van der Waals surface area contributed by atoms with Crippen LogP contribution < -0.4 is 0 Å². The zero-order valence-electron chi connectivity index (χ0n) is 8.98. The highest BCUT2D eigenvalue weighted by Crippen LogP contribution is 2.25. The summed E-state index contributed by atoms with van der Waals surface area (Å²) in [6.45, 7) is 1.98. The van der Waals surface area contributed by atoms with Gasteiger partial charge in [-0.1, -0.05) is 12.1 Å². The summed E-state index contributed by atoms with van der Waals surface area (Å²) in [6.07, 6.45) is -0.0944. The Kier molecular flexibility index (Phi) is 3.36. The molecule has 0 amide bonds. The molecule has 0 aliphatic heterocycles.